The van der Waals surface area contributed by atoms with Crippen LogP contribution in [0.25, 0.3) is 0 Å². The predicted molar refractivity (Wildman–Crippen MR) is 55.4 cm³/mol. The molecule has 2 N–H and O–H groups in total. The van der Waals surface area contributed by atoms with Gasteiger partial charge >= 0.3 is 0 Å². The average molecular weight is 178 g/mol. The second kappa shape index (κ2) is 3.46. The minimum Gasteiger partial charge on any atom is -0.322 e. The van der Waals surface area contributed by atoms with Crippen molar-refractivity contribution < 1.29 is 0 Å². The van der Waals surface area contributed by atoms with Gasteiger partial charge in [-0.2, -0.15) is 0 Å². The van der Waals surface area contributed by atoms with Crippen LogP contribution >= 0.6 is 0 Å². The molecule has 1 heterocycles. The Bertz CT molecular complexity index is 286. The topological polar surface area (TPSA) is 38.9 Å². The van der Waals surface area contributed by atoms with E-state index < -0.39 is 0 Å². The summed E-state index contributed by atoms with van der Waals surface area (Å²) in [6.45, 7) is 8.44. The highest BCUT2D eigenvalue weighted by Crippen LogP contribution is 2.29. The van der Waals surface area contributed by atoms with Crippen LogP contribution in [0.2, 0.25) is 0 Å². The van der Waals surface area contributed by atoms with Crippen LogP contribution in [-0.4, -0.2) is 4.98 Å². The molecule has 0 amide bonds. The SMILES string of the molecule is Cc1ccnc([C@H](N)C(C)(C)C)c1. The van der Waals surface area contributed by atoms with Gasteiger partial charge in [0.05, 0.1) is 11.7 Å². The molecule has 2 nitrogen and oxygen atoms in total. The number of pyridine rings is 1. The first kappa shape index (κ1) is 10.2. The smallest absolute Gasteiger partial charge is 0.0578 e. The molecule has 2 heteroatoms. The Morgan fingerprint density at radius 1 is 1.38 bits per heavy atom. The molecule has 1 atom stereocenters. The summed E-state index contributed by atoms with van der Waals surface area (Å²) >= 11 is 0. The Morgan fingerprint density at radius 3 is 2.46 bits per heavy atom. The third-order valence-electron chi connectivity index (χ3n) is 2.19. The summed E-state index contributed by atoms with van der Waals surface area (Å²) in [5.74, 6) is 0. The highest BCUT2D eigenvalue weighted by Gasteiger charge is 2.23. The average Bonchev–Trinajstić information content (AvgIpc) is 2.01. The fraction of sp³-hybridized carbons (Fsp3) is 0.545. The van der Waals surface area contributed by atoms with Crippen LogP contribution in [-0.2, 0) is 0 Å². The molecular weight excluding hydrogens is 160 g/mol. The Labute approximate surface area is 80.2 Å². The van der Waals surface area contributed by atoms with Gasteiger partial charge in [0.25, 0.3) is 0 Å². The van der Waals surface area contributed by atoms with Gasteiger partial charge < -0.3 is 5.73 Å². The third-order valence-corrected chi connectivity index (χ3v) is 2.19. The molecule has 0 bridgehead atoms. The Hall–Kier alpha value is -0.890. The molecule has 0 aliphatic rings. The maximum absolute atomic E-state index is 6.08. The molecule has 72 valence electrons. The van der Waals surface area contributed by atoms with Crippen LogP contribution in [0.1, 0.15) is 38.1 Å². The molecule has 1 rings (SSSR count). The number of nitrogens with two attached hydrogens (primary N) is 1. The second-order valence-corrected chi connectivity index (χ2v) is 4.60. The largest absolute Gasteiger partial charge is 0.322 e. The zero-order valence-electron chi connectivity index (χ0n) is 8.83. The lowest BCUT2D eigenvalue weighted by Crippen LogP contribution is -2.27. The first-order chi connectivity index (χ1) is 5.91. The van der Waals surface area contributed by atoms with E-state index in [0.29, 0.717) is 0 Å². The lowest BCUT2D eigenvalue weighted by atomic mass is 9.85. The standard InChI is InChI=1S/C11H18N2/c1-8-5-6-13-9(7-8)10(12)11(2,3)4/h5-7,10H,12H2,1-4H3/t10-/m0/s1. The molecule has 0 aliphatic carbocycles. The summed E-state index contributed by atoms with van der Waals surface area (Å²) in [6.07, 6.45) is 1.82. The monoisotopic (exact) mass is 178 g/mol. The normalized spacial score (nSPS) is 14.2. The number of rotatable bonds is 1. The van der Waals surface area contributed by atoms with Crippen molar-refractivity contribution in [2.24, 2.45) is 11.1 Å². The summed E-state index contributed by atoms with van der Waals surface area (Å²) in [6, 6.07) is 4.04. The molecule has 0 radical (unpaired) electrons. The van der Waals surface area contributed by atoms with E-state index in [4.69, 9.17) is 5.73 Å². The summed E-state index contributed by atoms with van der Waals surface area (Å²) in [7, 11) is 0. The van der Waals surface area contributed by atoms with E-state index in [0.717, 1.165) is 5.69 Å². The van der Waals surface area contributed by atoms with Crippen LogP contribution in [0, 0.1) is 12.3 Å². The van der Waals surface area contributed by atoms with Gasteiger partial charge in [-0.25, -0.2) is 0 Å². The van der Waals surface area contributed by atoms with Gasteiger partial charge in [0.1, 0.15) is 0 Å². The molecule has 1 aromatic heterocycles. The Balaban J connectivity index is 2.96. The summed E-state index contributed by atoms with van der Waals surface area (Å²) in [5.41, 5.74) is 8.34. The van der Waals surface area contributed by atoms with Crippen molar-refractivity contribution in [2.75, 3.05) is 0 Å². The molecule has 13 heavy (non-hydrogen) atoms. The molecule has 0 unspecified atom stereocenters. The van der Waals surface area contributed by atoms with E-state index in [1.54, 1.807) is 0 Å². The van der Waals surface area contributed by atoms with Gasteiger partial charge in [0.2, 0.25) is 0 Å². The maximum Gasteiger partial charge on any atom is 0.0578 e. The van der Waals surface area contributed by atoms with E-state index in [1.165, 1.54) is 5.56 Å². The summed E-state index contributed by atoms with van der Waals surface area (Å²) in [4.78, 5) is 4.28. The van der Waals surface area contributed by atoms with Gasteiger partial charge in [-0.1, -0.05) is 20.8 Å². The van der Waals surface area contributed by atoms with Crippen LogP contribution in [0.15, 0.2) is 18.3 Å². The zero-order valence-corrected chi connectivity index (χ0v) is 8.83. The van der Waals surface area contributed by atoms with Gasteiger partial charge in [-0.3, -0.25) is 4.98 Å². The summed E-state index contributed by atoms with van der Waals surface area (Å²) < 4.78 is 0. The van der Waals surface area contributed by atoms with Gasteiger partial charge in [0.15, 0.2) is 0 Å². The van der Waals surface area contributed by atoms with E-state index >= 15 is 0 Å². The Morgan fingerprint density at radius 2 is 2.00 bits per heavy atom. The molecule has 0 aromatic carbocycles. The van der Waals surface area contributed by atoms with Crippen molar-refractivity contribution in [3.8, 4) is 0 Å². The minimum atomic E-state index is 0.00685. The number of nitrogens with zero attached hydrogens (tertiary/aromatic N) is 1. The first-order valence-corrected chi connectivity index (χ1v) is 4.59. The molecule has 0 saturated carbocycles. The molecule has 1 aromatic rings. The first-order valence-electron chi connectivity index (χ1n) is 4.59. The fourth-order valence-electron chi connectivity index (χ4n) is 1.17. The predicted octanol–water partition coefficient (Wildman–Crippen LogP) is 2.44. The second-order valence-electron chi connectivity index (χ2n) is 4.60. The maximum atomic E-state index is 6.08. The van der Waals surface area contributed by atoms with Crippen LogP contribution < -0.4 is 5.73 Å². The van der Waals surface area contributed by atoms with Crippen molar-refractivity contribution in [1.82, 2.24) is 4.98 Å². The Kier molecular flexibility index (Phi) is 2.71. The number of aromatic nitrogens is 1. The van der Waals surface area contributed by atoms with Crippen molar-refractivity contribution >= 4 is 0 Å². The lowest BCUT2D eigenvalue weighted by molar-refractivity contribution is 0.321. The minimum absolute atomic E-state index is 0.00685. The van der Waals surface area contributed by atoms with E-state index in [1.807, 2.05) is 12.3 Å². The third kappa shape index (κ3) is 2.52. The molecule has 0 aliphatic heterocycles. The van der Waals surface area contributed by atoms with Crippen molar-refractivity contribution in [1.29, 1.82) is 0 Å². The van der Waals surface area contributed by atoms with E-state index in [2.05, 4.69) is 38.7 Å². The van der Waals surface area contributed by atoms with Crippen molar-refractivity contribution in [3.63, 3.8) is 0 Å². The lowest BCUT2D eigenvalue weighted by Gasteiger charge is -2.26. The molecular formula is C11H18N2. The van der Waals surface area contributed by atoms with E-state index in [9.17, 15) is 0 Å². The highest BCUT2D eigenvalue weighted by molar-refractivity contribution is 5.18. The number of hydrogen-bond donors (Lipinski definition) is 1. The van der Waals surface area contributed by atoms with Gasteiger partial charge in [0, 0.05) is 6.20 Å². The highest BCUT2D eigenvalue weighted by atomic mass is 14.8. The van der Waals surface area contributed by atoms with Crippen LogP contribution in [0.4, 0.5) is 0 Å². The molecule has 0 saturated heterocycles. The molecule has 0 spiro atoms. The van der Waals surface area contributed by atoms with Gasteiger partial charge in [-0.05, 0) is 30.0 Å². The van der Waals surface area contributed by atoms with Crippen LogP contribution in [0.3, 0.4) is 0 Å². The fourth-order valence-corrected chi connectivity index (χ4v) is 1.17. The van der Waals surface area contributed by atoms with Gasteiger partial charge in [-0.15, -0.1) is 0 Å². The van der Waals surface area contributed by atoms with Crippen molar-refractivity contribution in [3.05, 3.63) is 29.6 Å². The van der Waals surface area contributed by atoms with E-state index in [-0.39, 0.29) is 11.5 Å². The quantitative estimate of drug-likeness (QED) is 0.717. The number of hydrogen-bond acceptors (Lipinski definition) is 2. The molecule has 0 fully saturated rings. The summed E-state index contributed by atoms with van der Waals surface area (Å²) in [5, 5.41) is 0. The van der Waals surface area contributed by atoms with Crippen LogP contribution in [0.5, 0.6) is 0 Å². The zero-order chi connectivity index (χ0) is 10.1. The van der Waals surface area contributed by atoms with Crippen molar-refractivity contribution in [2.45, 2.75) is 33.7 Å². The number of aryl methyl sites for hydroxylation is 1.